The number of benzene rings is 1. The number of hydrogen-bond donors (Lipinski definition) is 1. The summed E-state index contributed by atoms with van der Waals surface area (Å²) in [6.45, 7) is 3.11. The van der Waals surface area contributed by atoms with Gasteiger partial charge >= 0.3 is 0 Å². The first kappa shape index (κ1) is 14.6. The molecule has 3 nitrogen and oxygen atoms in total. The predicted octanol–water partition coefficient (Wildman–Crippen LogP) is 4.28. The van der Waals surface area contributed by atoms with Crippen molar-refractivity contribution >= 4 is 17.4 Å². The predicted molar refractivity (Wildman–Crippen MR) is 78.8 cm³/mol. The quantitative estimate of drug-likeness (QED) is 0.863. The van der Waals surface area contributed by atoms with E-state index < -0.39 is 5.82 Å². The second-order valence-corrected chi connectivity index (χ2v) is 4.69. The SMILES string of the molecule is CCCNc1cccc(COc2c(F)cccc2Cl)n1. The third-order valence-electron chi connectivity index (χ3n) is 2.65. The van der Waals surface area contributed by atoms with Crippen LogP contribution in [0.3, 0.4) is 0 Å². The molecule has 0 aliphatic rings. The maximum absolute atomic E-state index is 13.6. The molecule has 0 saturated carbocycles. The lowest BCUT2D eigenvalue weighted by Crippen LogP contribution is -2.05. The van der Waals surface area contributed by atoms with Crippen molar-refractivity contribution in [2.75, 3.05) is 11.9 Å². The van der Waals surface area contributed by atoms with Gasteiger partial charge in [0.25, 0.3) is 0 Å². The van der Waals surface area contributed by atoms with Gasteiger partial charge in [-0.15, -0.1) is 0 Å². The summed E-state index contributed by atoms with van der Waals surface area (Å²) in [6, 6.07) is 10.0. The minimum atomic E-state index is -0.474. The Kier molecular flexibility index (Phi) is 5.18. The molecule has 0 unspecified atom stereocenters. The number of pyridine rings is 1. The first-order chi connectivity index (χ1) is 9.70. The highest BCUT2D eigenvalue weighted by Gasteiger charge is 2.08. The highest BCUT2D eigenvalue weighted by molar-refractivity contribution is 6.32. The van der Waals surface area contributed by atoms with E-state index in [1.165, 1.54) is 12.1 Å². The lowest BCUT2D eigenvalue weighted by atomic mass is 10.3. The minimum Gasteiger partial charge on any atom is -0.483 e. The van der Waals surface area contributed by atoms with Crippen molar-refractivity contribution in [1.29, 1.82) is 0 Å². The zero-order valence-electron chi connectivity index (χ0n) is 11.2. The third kappa shape index (κ3) is 3.84. The van der Waals surface area contributed by atoms with Crippen molar-refractivity contribution in [2.45, 2.75) is 20.0 Å². The van der Waals surface area contributed by atoms with Crippen LogP contribution in [0.5, 0.6) is 5.75 Å². The molecule has 20 heavy (non-hydrogen) atoms. The molecule has 1 aromatic carbocycles. The number of ether oxygens (including phenoxy) is 1. The summed E-state index contributed by atoms with van der Waals surface area (Å²) >= 11 is 5.90. The summed E-state index contributed by atoms with van der Waals surface area (Å²) in [4.78, 5) is 4.38. The summed E-state index contributed by atoms with van der Waals surface area (Å²) in [5.74, 6) is 0.369. The van der Waals surface area contributed by atoms with Crippen LogP contribution in [0.4, 0.5) is 10.2 Å². The van der Waals surface area contributed by atoms with Crippen molar-refractivity contribution in [3.63, 3.8) is 0 Å². The highest BCUT2D eigenvalue weighted by atomic mass is 35.5. The molecule has 0 fully saturated rings. The lowest BCUT2D eigenvalue weighted by Gasteiger charge is -2.10. The molecule has 0 spiro atoms. The molecular weight excluding hydrogens is 279 g/mol. The Hall–Kier alpha value is -1.81. The second kappa shape index (κ2) is 7.10. The molecule has 0 radical (unpaired) electrons. The van der Waals surface area contributed by atoms with E-state index in [-0.39, 0.29) is 17.4 Å². The van der Waals surface area contributed by atoms with Crippen LogP contribution in [0, 0.1) is 5.82 Å². The normalized spacial score (nSPS) is 10.3. The molecule has 5 heteroatoms. The monoisotopic (exact) mass is 294 g/mol. The Morgan fingerprint density at radius 3 is 2.80 bits per heavy atom. The van der Waals surface area contributed by atoms with Gasteiger partial charge in [-0.05, 0) is 30.7 Å². The van der Waals surface area contributed by atoms with Crippen LogP contribution >= 0.6 is 11.6 Å². The van der Waals surface area contributed by atoms with Crippen LogP contribution in [0.15, 0.2) is 36.4 Å². The van der Waals surface area contributed by atoms with E-state index in [2.05, 4.69) is 17.2 Å². The van der Waals surface area contributed by atoms with Gasteiger partial charge in [0.15, 0.2) is 11.6 Å². The molecule has 2 rings (SSSR count). The largest absolute Gasteiger partial charge is 0.483 e. The first-order valence-corrected chi connectivity index (χ1v) is 6.85. The minimum absolute atomic E-state index is 0.0582. The molecular formula is C15H16ClFN2O. The molecule has 0 amide bonds. The zero-order valence-corrected chi connectivity index (χ0v) is 12.0. The van der Waals surface area contributed by atoms with Crippen LogP contribution in [-0.2, 0) is 6.61 Å². The van der Waals surface area contributed by atoms with Gasteiger partial charge in [-0.2, -0.15) is 0 Å². The van der Waals surface area contributed by atoms with Crippen LogP contribution in [0.2, 0.25) is 5.02 Å². The van der Waals surface area contributed by atoms with Gasteiger partial charge in [-0.1, -0.05) is 30.7 Å². The fourth-order valence-electron chi connectivity index (χ4n) is 1.68. The smallest absolute Gasteiger partial charge is 0.174 e. The number of aromatic nitrogens is 1. The maximum atomic E-state index is 13.6. The number of hydrogen-bond acceptors (Lipinski definition) is 3. The van der Waals surface area contributed by atoms with Crippen molar-refractivity contribution in [1.82, 2.24) is 4.98 Å². The molecule has 0 aliphatic heterocycles. The average molecular weight is 295 g/mol. The molecule has 1 aromatic heterocycles. The van der Waals surface area contributed by atoms with Crippen LogP contribution in [0.1, 0.15) is 19.0 Å². The molecule has 2 aromatic rings. The third-order valence-corrected chi connectivity index (χ3v) is 2.94. The zero-order chi connectivity index (χ0) is 14.4. The van der Waals surface area contributed by atoms with Gasteiger partial charge in [0.05, 0.1) is 10.7 Å². The van der Waals surface area contributed by atoms with Gasteiger partial charge in [0, 0.05) is 6.54 Å². The number of anilines is 1. The standard InChI is InChI=1S/C15H16ClFN2O/c1-2-9-18-14-8-3-5-11(19-14)10-20-15-12(16)6-4-7-13(15)17/h3-8H,2,9-10H2,1H3,(H,18,19). The number of nitrogens with zero attached hydrogens (tertiary/aromatic N) is 1. The van der Waals surface area contributed by atoms with Crippen molar-refractivity contribution < 1.29 is 9.13 Å². The Morgan fingerprint density at radius 1 is 1.25 bits per heavy atom. The fraction of sp³-hybridized carbons (Fsp3) is 0.267. The molecule has 1 N–H and O–H groups in total. The first-order valence-electron chi connectivity index (χ1n) is 6.47. The molecule has 1 heterocycles. The van der Waals surface area contributed by atoms with E-state index in [1.807, 2.05) is 18.2 Å². The Labute approximate surface area is 122 Å². The highest BCUT2D eigenvalue weighted by Crippen LogP contribution is 2.27. The summed E-state index contributed by atoms with van der Waals surface area (Å²) < 4.78 is 19.0. The summed E-state index contributed by atoms with van der Waals surface area (Å²) in [5, 5.41) is 3.44. The van der Waals surface area contributed by atoms with E-state index in [0.29, 0.717) is 5.69 Å². The maximum Gasteiger partial charge on any atom is 0.174 e. The van der Waals surface area contributed by atoms with E-state index in [9.17, 15) is 4.39 Å². The van der Waals surface area contributed by atoms with Crippen molar-refractivity contribution in [2.24, 2.45) is 0 Å². The Morgan fingerprint density at radius 2 is 2.05 bits per heavy atom. The Bertz CT molecular complexity index is 557. The van der Waals surface area contributed by atoms with E-state index in [0.717, 1.165) is 18.8 Å². The molecule has 0 aliphatic carbocycles. The summed E-state index contributed by atoms with van der Waals surface area (Å²) in [7, 11) is 0. The van der Waals surface area contributed by atoms with E-state index in [4.69, 9.17) is 16.3 Å². The fourth-order valence-corrected chi connectivity index (χ4v) is 1.90. The number of para-hydroxylation sites is 1. The van der Waals surface area contributed by atoms with Gasteiger partial charge in [0.2, 0.25) is 0 Å². The van der Waals surface area contributed by atoms with Gasteiger partial charge in [-0.25, -0.2) is 9.37 Å². The van der Waals surface area contributed by atoms with Crippen LogP contribution in [-0.4, -0.2) is 11.5 Å². The van der Waals surface area contributed by atoms with Gasteiger partial charge in [-0.3, -0.25) is 0 Å². The van der Waals surface area contributed by atoms with E-state index >= 15 is 0 Å². The van der Waals surface area contributed by atoms with Crippen LogP contribution < -0.4 is 10.1 Å². The molecule has 0 saturated heterocycles. The number of nitrogens with one attached hydrogen (secondary N) is 1. The topological polar surface area (TPSA) is 34.1 Å². The van der Waals surface area contributed by atoms with Crippen molar-refractivity contribution in [3.05, 3.63) is 52.9 Å². The second-order valence-electron chi connectivity index (χ2n) is 4.28. The molecule has 0 atom stereocenters. The van der Waals surface area contributed by atoms with Gasteiger partial charge < -0.3 is 10.1 Å². The molecule has 0 bridgehead atoms. The number of halogens is 2. The van der Waals surface area contributed by atoms with Gasteiger partial charge in [0.1, 0.15) is 12.4 Å². The number of rotatable bonds is 6. The van der Waals surface area contributed by atoms with Crippen molar-refractivity contribution in [3.8, 4) is 5.75 Å². The average Bonchev–Trinajstić information content (AvgIpc) is 2.45. The molecule has 106 valence electrons. The lowest BCUT2D eigenvalue weighted by molar-refractivity contribution is 0.286. The summed E-state index contributed by atoms with van der Waals surface area (Å²) in [6.07, 6.45) is 1.02. The Balaban J connectivity index is 2.03. The summed E-state index contributed by atoms with van der Waals surface area (Å²) in [5.41, 5.74) is 0.713. The van der Waals surface area contributed by atoms with E-state index in [1.54, 1.807) is 6.07 Å². The van der Waals surface area contributed by atoms with Crippen LogP contribution in [0.25, 0.3) is 0 Å².